The number of para-hydroxylation sites is 2. The van der Waals surface area contributed by atoms with E-state index in [0.29, 0.717) is 33.2 Å². The van der Waals surface area contributed by atoms with Crippen molar-refractivity contribution >= 4 is 33.1 Å². The molecule has 0 aliphatic carbocycles. The van der Waals surface area contributed by atoms with Gasteiger partial charge in [-0.2, -0.15) is 5.06 Å². The van der Waals surface area contributed by atoms with Gasteiger partial charge < -0.3 is 14.8 Å². The number of hydrogen-bond donors (Lipinski definition) is 2. The van der Waals surface area contributed by atoms with E-state index in [0.717, 1.165) is 21.6 Å². The van der Waals surface area contributed by atoms with E-state index in [-0.39, 0.29) is 31.4 Å². The van der Waals surface area contributed by atoms with Gasteiger partial charge in [-0.1, -0.05) is 19.1 Å². The topological polar surface area (TPSA) is 127 Å². The highest BCUT2D eigenvalue weighted by Gasteiger charge is 2.49. The molecule has 3 aromatic rings. The monoisotopic (exact) mass is 499 g/mol. The normalized spacial score (nSPS) is 21.8. The van der Waals surface area contributed by atoms with Gasteiger partial charge in [-0.05, 0) is 25.5 Å². The predicted octanol–water partition coefficient (Wildman–Crippen LogP) is 1.35. The lowest BCUT2D eigenvalue weighted by atomic mass is 10.0. The Balaban J connectivity index is 1.71. The van der Waals surface area contributed by atoms with Crippen molar-refractivity contribution in [3.8, 4) is 0 Å². The highest BCUT2D eigenvalue weighted by atomic mass is 32.2. The fourth-order valence-electron chi connectivity index (χ4n) is 4.73. The highest BCUT2D eigenvalue weighted by Crippen LogP contribution is 2.36. The molecule has 1 aromatic carbocycles. The zero-order chi connectivity index (χ0) is 24.9. The number of aliphatic hydroxyl groups excluding tert-OH is 2. The van der Waals surface area contributed by atoms with Gasteiger partial charge >= 0.3 is 11.1 Å². The number of fused-ring (bicyclic) bond motifs is 2. The Morgan fingerprint density at radius 2 is 2.06 bits per heavy atom. The third-order valence-electron chi connectivity index (χ3n) is 6.39. The fourth-order valence-corrected chi connectivity index (χ4v) is 7.13. The molecule has 11 heteroatoms. The minimum atomic E-state index is -0.845. The molecule has 2 N–H and O–H groups in total. The molecule has 2 aliphatic rings. The molecule has 0 radical (unpaired) electrons. The summed E-state index contributed by atoms with van der Waals surface area (Å²) in [7, 11) is -0.732. The number of aromatic nitrogens is 3. The molecule has 4 heterocycles. The molecule has 5 rings (SSSR count). The Kier molecular flexibility index (Phi) is 6.26. The largest absolute Gasteiger partial charge is 0.389 e. The predicted molar refractivity (Wildman–Crippen MR) is 129 cm³/mol. The second-order valence-electron chi connectivity index (χ2n) is 8.74. The number of hydroxylamine groups is 2. The van der Waals surface area contributed by atoms with Crippen molar-refractivity contribution in [2.45, 2.75) is 50.3 Å². The number of imidazole rings is 1. The number of rotatable bonds is 5. The van der Waals surface area contributed by atoms with Crippen LogP contribution in [-0.2, 0) is 33.7 Å². The number of carbonyl (C=O) groups is 2. The second kappa shape index (κ2) is 9.23. The first-order chi connectivity index (χ1) is 16.8. The summed E-state index contributed by atoms with van der Waals surface area (Å²) in [5.74, 6) is 0.431. The molecule has 2 unspecified atom stereocenters. The standard InChI is InChI=1S/C24H27N4O6S/c1-3-8-35-19-9-15(10-26-18-7-5-4-6-17(18)25-20(26)12-29)28(22(31)21(19)14(2)23(35)32)24(33)27-11-16(30)13-34-27/h4-7,9,14,16,29-30H,3,8,10-13H2,1-2H3/q+1/t14?,16-,35?/m0/s1. The van der Waals surface area contributed by atoms with Gasteiger partial charge in [-0.3, -0.25) is 9.63 Å². The Morgan fingerprint density at radius 3 is 2.74 bits per heavy atom. The third-order valence-corrected chi connectivity index (χ3v) is 8.91. The Morgan fingerprint density at radius 1 is 1.29 bits per heavy atom. The number of carbonyl (C=O) groups excluding carboxylic acids is 2. The number of amides is 1. The van der Waals surface area contributed by atoms with Crippen LogP contribution >= 0.6 is 0 Å². The number of nitrogens with zero attached hydrogens (tertiary/aromatic N) is 4. The summed E-state index contributed by atoms with van der Waals surface area (Å²) in [6.07, 6.45) is -0.0550. The van der Waals surface area contributed by atoms with Crippen LogP contribution in [0, 0.1) is 0 Å². The van der Waals surface area contributed by atoms with Crippen LogP contribution in [0.2, 0.25) is 0 Å². The summed E-state index contributed by atoms with van der Waals surface area (Å²) < 4.78 is 2.80. The minimum Gasteiger partial charge on any atom is -0.389 e. The quantitative estimate of drug-likeness (QED) is 0.507. The van der Waals surface area contributed by atoms with Crippen molar-refractivity contribution in [3.63, 3.8) is 0 Å². The van der Waals surface area contributed by atoms with Crippen molar-refractivity contribution in [2.75, 3.05) is 18.9 Å². The van der Waals surface area contributed by atoms with E-state index in [1.807, 2.05) is 31.2 Å². The molecule has 0 saturated carbocycles. The number of aliphatic hydroxyl groups is 2. The van der Waals surface area contributed by atoms with Crippen LogP contribution in [-0.4, -0.2) is 65.5 Å². The van der Waals surface area contributed by atoms with Crippen molar-refractivity contribution < 1.29 is 24.6 Å². The van der Waals surface area contributed by atoms with Gasteiger partial charge in [-0.25, -0.2) is 19.1 Å². The lowest BCUT2D eigenvalue weighted by molar-refractivity contribution is -0.112. The van der Waals surface area contributed by atoms with Crippen LogP contribution in [0.4, 0.5) is 4.79 Å². The maximum absolute atomic E-state index is 13.8. The zero-order valence-electron chi connectivity index (χ0n) is 19.5. The van der Waals surface area contributed by atoms with E-state index in [1.165, 1.54) is 0 Å². The molecular formula is C24H27N4O6S+. The summed E-state index contributed by atoms with van der Waals surface area (Å²) >= 11 is 0. The molecule has 35 heavy (non-hydrogen) atoms. The molecule has 0 bridgehead atoms. The second-order valence-corrected chi connectivity index (χ2v) is 10.8. The zero-order valence-corrected chi connectivity index (χ0v) is 20.3. The van der Waals surface area contributed by atoms with Crippen molar-refractivity contribution in [1.29, 1.82) is 0 Å². The fraction of sp³-hybridized carbons (Fsp3) is 0.417. The number of β-amino-alcohol motifs (C(OH)–C–C–N with tert-alkyl or cyclic N) is 1. The van der Waals surface area contributed by atoms with Crippen LogP contribution in [0.15, 0.2) is 40.0 Å². The van der Waals surface area contributed by atoms with Gasteiger partial charge in [0.15, 0.2) is 4.90 Å². The molecule has 2 aromatic heterocycles. The average Bonchev–Trinajstić information content (AvgIpc) is 3.50. The van der Waals surface area contributed by atoms with Gasteiger partial charge in [0.2, 0.25) is 0 Å². The maximum Gasteiger partial charge on any atom is 0.355 e. The Hall–Kier alpha value is -2.99. The first-order valence-electron chi connectivity index (χ1n) is 11.6. The van der Waals surface area contributed by atoms with E-state index in [4.69, 9.17) is 4.84 Å². The molecule has 2 aliphatic heterocycles. The summed E-state index contributed by atoms with van der Waals surface area (Å²) in [5, 5.41) is 20.8. The summed E-state index contributed by atoms with van der Waals surface area (Å²) in [6.45, 7) is 3.35. The van der Waals surface area contributed by atoms with Crippen molar-refractivity contribution in [2.24, 2.45) is 0 Å². The van der Waals surface area contributed by atoms with Crippen molar-refractivity contribution in [3.05, 3.63) is 57.8 Å². The maximum atomic E-state index is 13.8. The summed E-state index contributed by atoms with van der Waals surface area (Å²) in [6, 6.07) is 8.42. The first kappa shape index (κ1) is 23.7. The van der Waals surface area contributed by atoms with E-state index >= 15 is 0 Å². The van der Waals surface area contributed by atoms with Crippen LogP contribution in [0.5, 0.6) is 0 Å². The van der Waals surface area contributed by atoms with Crippen molar-refractivity contribution in [1.82, 2.24) is 19.2 Å². The number of benzene rings is 1. The summed E-state index contributed by atoms with van der Waals surface area (Å²) in [4.78, 5) is 50.8. The molecule has 10 nitrogen and oxygen atoms in total. The summed E-state index contributed by atoms with van der Waals surface area (Å²) in [5.41, 5.74) is 1.58. The van der Waals surface area contributed by atoms with E-state index in [2.05, 4.69) is 4.98 Å². The molecular weight excluding hydrogens is 472 g/mol. The van der Waals surface area contributed by atoms with E-state index in [1.54, 1.807) is 17.6 Å². The number of hydrogen-bond acceptors (Lipinski definition) is 7. The van der Waals surface area contributed by atoms with Gasteiger partial charge in [0, 0.05) is 6.07 Å². The molecule has 1 amide bonds. The SMILES string of the molecule is CCC[S+]1C(=O)C(C)c2c1cc(Cn1c(CO)nc3ccccc31)n(C(=O)N1C[C@H](O)CO1)c2=O. The van der Waals surface area contributed by atoms with Crippen LogP contribution in [0.1, 0.15) is 43.3 Å². The Bertz CT molecular complexity index is 1380. The lowest BCUT2D eigenvalue weighted by Gasteiger charge is -2.20. The van der Waals surface area contributed by atoms with E-state index in [9.17, 15) is 24.6 Å². The van der Waals surface area contributed by atoms with Gasteiger partial charge in [0.05, 0.1) is 46.3 Å². The smallest absolute Gasteiger partial charge is 0.355 e. The molecule has 1 fully saturated rings. The lowest BCUT2D eigenvalue weighted by Crippen LogP contribution is -2.42. The first-order valence-corrected chi connectivity index (χ1v) is 13.0. The van der Waals surface area contributed by atoms with Gasteiger partial charge in [-0.15, -0.1) is 0 Å². The van der Waals surface area contributed by atoms with Gasteiger partial charge in [0.25, 0.3) is 5.56 Å². The molecule has 0 spiro atoms. The van der Waals surface area contributed by atoms with Crippen LogP contribution in [0.3, 0.4) is 0 Å². The van der Waals surface area contributed by atoms with Crippen LogP contribution < -0.4 is 5.56 Å². The molecule has 184 valence electrons. The molecule has 3 atom stereocenters. The Labute approximate surface area is 204 Å². The molecule has 1 saturated heterocycles. The van der Waals surface area contributed by atoms with Gasteiger partial charge in [0.1, 0.15) is 36.8 Å². The number of pyridine rings is 1. The minimum absolute atomic E-state index is 0.00655. The highest BCUT2D eigenvalue weighted by molar-refractivity contribution is 8.11. The average molecular weight is 500 g/mol. The van der Waals surface area contributed by atoms with E-state index < -0.39 is 34.5 Å². The third kappa shape index (κ3) is 3.88. The van der Waals surface area contributed by atoms with Crippen LogP contribution in [0.25, 0.3) is 11.0 Å².